The number of fused-ring (bicyclic) bond motifs is 2. The maximum Gasteiger partial charge on any atom is 0.194 e. The summed E-state index contributed by atoms with van der Waals surface area (Å²) in [5, 5.41) is 23.6. The number of benzene rings is 1. The lowest BCUT2D eigenvalue weighted by atomic mass is 9.60. The van der Waals surface area contributed by atoms with E-state index in [9.17, 15) is 10.2 Å². The molecule has 5 unspecified atom stereocenters. The van der Waals surface area contributed by atoms with Crippen molar-refractivity contribution in [2.24, 2.45) is 17.8 Å². The highest BCUT2D eigenvalue weighted by molar-refractivity contribution is 5.66. The Hall–Kier alpha value is -1.10. The van der Waals surface area contributed by atoms with Gasteiger partial charge in [-0.1, -0.05) is 32.0 Å². The highest BCUT2D eigenvalue weighted by atomic mass is 16.3. The third kappa shape index (κ3) is 1.51. The predicted octanol–water partition coefficient (Wildman–Crippen LogP) is 2.48. The fraction of sp³-hybridized carbons (Fsp3) is 0.739. The number of aliphatic hydroxyl groups excluding tert-OH is 2. The summed E-state index contributed by atoms with van der Waals surface area (Å²) in [7, 11) is 2.23. The molecule has 6 aliphatic rings. The van der Waals surface area contributed by atoms with Crippen LogP contribution in [0.25, 0.3) is 0 Å². The van der Waals surface area contributed by atoms with Crippen molar-refractivity contribution < 1.29 is 14.7 Å². The molecular formula is C23H33N2O2+. The first-order valence-corrected chi connectivity index (χ1v) is 11.1. The summed E-state index contributed by atoms with van der Waals surface area (Å²) in [5.41, 5.74) is 2.56. The summed E-state index contributed by atoms with van der Waals surface area (Å²) in [6.45, 7) is 5.56. The number of anilines is 1. The molecule has 0 radical (unpaired) electrons. The molecule has 7 rings (SSSR count). The second-order valence-corrected chi connectivity index (χ2v) is 10.1. The summed E-state index contributed by atoms with van der Waals surface area (Å²) in [4.78, 5) is 2.48. The normalized spacial score (nSPS) is 53.7. The standard InChI is InChI=1S/C23H33N2O2/c1-4-10-25-17-11-14(13(5-2)22(25)27)19-18(25)12-23(21(19)26)15-8-6-7-9-16(15)24(3)20(17)23/h6-9,13-14,17-22,26-27H,4-5,10-12H2,1-3H3/q+1/t13-,14?,17-,18-,19?,20-,21?,22+,23?,25?/m0/s1. The highest BCUT2D eigenvalue weighted by Crippen LogP contribution is 2.71. The van der Waals surface area contributed by atoms with Gasteiger partial charge in [0.25, 0.3) is 0 Å². The van der Waals surface area contributed by atoms with E-state index < -0.39 is 0 Å². The molecule has 5 bridgehead atoms. The fourth-order valence-corrected chi connectivity index (χ4v) is 9.23. The number of hydrogen-bond acceptors (Lipinski definition) is 3. The first kappa shape index (κ1) is 16.8. The lowest BCUT2D eigenvalue weighted by Crippen LogP contribution is -2.83. The van der Waals surface area contributed by atoms with Crippen molar-refractivity contribution >= 4 is 5.69 Å². The van der Waals surface area contributed by atoms with Gasteiger partial charge in [-0.05, 0) is 30.4 Å². The molecule has 0 amide bonds. The van der Waals surface area contributed by atoms with Crippen LogP contribution in [-0.4, -0.2) is 58.7 Å². The van der Waals surface area contributed by atoms with E-state index in [0.29, 0.717) is 35.9 Å². The van der Waals surface area contributed by atoms with Crippen molar-refractivity contribution in [1.82, 2.24) is 0 Å². The van der Waals surface area contributed by atoms with Crippen LogP contribution in [0.5, 0.6) is 0 Å². The quantitative estimate of drug-likeness (QED) is 0.805. The van der Waals surface area contributed by atoms with Crippen molar-refractivity contribution in [3.8, 4) is 0 Å². The molecule has 2 N–H and O–H groups in total. The number of aliphatic hydroxyl groups is 2. The Balaban J connectivity index is 1.62. The van der Waals surface area contributed by atoms with Crippen molar-refractivity contribution in [3.63, 3.8) is 0 Å². The third-order valence-corrected chi connectivity index (χ3v) is 9.73. The zero-order valence-electron chi connectivity index (χ0n) is 16.8. The number of nitrogens with zero attached hydrogens (tertiary/aromatic N) is 2. The van der Waals surface area contributed by atoms with E-state index in [1.165, 1.54) is 17.7 Å². The molecule has 1 aromatic rings. The molecule has 4 saturated heterocycles. The number of para-hydroxylation sites is 1. The summed E-state index contributed by atoms with van der Waals surface area (Å²) < 4.78 is 0.873. The Morgan fingerprint density at radius 1 is 1.19 bits per heavy atom. The molecule has 27 heavy (non-hydrogen) atoms. The summed E-state index contributed by atoms with van der Waals surface area (Å²) in [6, 6.07) is 9.97. The van der Waals surface area contributed by atoms with E-state index in [4.69, 9.17) is 0 Å². The maximum atomic E-state index is 11.9. The number of likely N-dealkylation sites (N-methyl/N-ethyl adjacent to an activating group) is 1. The minimum Gasteiger partial charge on any atom is -0.392 e. The van der Waals surface area contributed by atoms with Gasteiger partial charge in [0.05, 0.1) is 30.1 Å². The molecule has 5 heterocycles. The second kappa shape index (κ2) is 5.08. The molecule has 1 spiro atoms. The van der Waals surface area contributed by atoms with E-state index in [-0.39, 0.29) is 17.7 Å². The first-order valence-electron chi connectivity index (χ1n) is 11.1. The van der Waals surface area contributed by atoms with E-state index in [2.05, 4.69) is 50.1 Å². The Morgan fingerprint density at radius 2 is 1.96 bits per heavy atom. The van der Waals surface area contributed by atoms with Gasteiger partial charge in [0, 0.05) is 37.4 Å². The molecule has 5 aliphatic heterocycles. The topological polar surface area (TPSA) is 43.7 Å². The molecular weight excluding hydrogens is 336 g/mol. The van der Waals surface area contributed by atoms with E-state index >= 15 is 0 Å². The molecule has 0 aromatic heterocycles. The number of rotatable bonds is 3. The van der Waals surface area contributed by atoms with Crippen LogP contribution < -0.4 is 4.90 Å². The molecule has 4 heteroatoms. The largest absolute Gasteiger partial charge is 0.392 e. The molecule has 5 fully saturated rings. The van der Waals surface area contributed by atoms with Crippen molar-refractivity contribution in [1.29, 1.82) is 0 Å². The van der Waals surface area contributed by atoms with Gasteiger partial charge in [0.15, 0.2) is 6.23 Å². The summed E-state index contributed by atoms with van der Waals surface area (Å²) in [6.07, 6.45) is 3.84. The minimum atomic E-state index is -0.271. The van der Waals surface area contributed by atoms with Crippen LogP contribution in [0.3, 0.4) is 0 Å². The molecule has 10 atom stereocenters. The van der Waals surface area contributed by atoms with Crippen LogP contribution in [0.1, 0.15) is 45.1 Å². The van der Waals surface area contributed by atoms with Crippen LogP contribution in [0.15, 0.2) is 24.3 Å². The Morgan fingerprint density at radius 3 is 2.70 bits per heavy atom. The molecule has 146 valence electrons. The lowest BCUT2D eigenvalue weighted by Gasteiger charge is -2.68. The van der Waals surface area contributed by atoms with Crippen molar-refractivity contribution in [3.05, 3.63) is 29.8 Å². The van der Waals surface area contributed by atoms with E-state index in [0.717, 1.165) is 30.3 Å². The summed E-state index contributed by atoms with van der Waals surface area (Å²) in [5.74, 6) is 1.18. The van der Waals surface area contributed by atoms with Crippen LogP contribution in [0.2, 0.25) is 0 Å². The van der Waals surface area contributed by atoms with Gasteiger partial charge in [-0.3, -0.25) is 4.48 Å². The second-order valence-electron chi connectivity index (χ2n) is 10.1. The molecule has 1 aromatic carbocycles. The van der Waals surface area contributed by atoms with E-state index in [1.807, 2.05) is 0 Å². The van der Waals surface area contributed by atoms with Gasteiger partial charge in [-0.2, -0.15) is 0 Å². The molecule has 1 aliphatic carbocycles. The minimum absolute atomic E-state index is 0.127. The third-order valence-electron chi connectivity index (χ3n) is 9.73. The Labute approximate surface area is 162 Å². The van der Waals surface area contributed by atoms with Gasteiger partial charge in [0.2, 0.25) is 0 Å². The van der Waals surface area contributed by atoms with Crippen LogP contribution in [-0.2, 0) is 5.41 Å². The van der Waals surface area contributed by atoms with Gasteiger partial charge < -0.3 is 15.1 Å². The lowest BCUT2D eigenvalue weighted by molar-refractivity contribution is -1.04. The van der Waals surface area contributed by atoms with Crippen LogP contribution in [0.4, 0.5) is 5.69 Å². The predicted molar refractivity (Wildman–Crippen MR) is 105 cm³/mol. The fourth-order valence-electron chi connectivity index (χ4n) is 9.23. The average molecular weight is 370 g/mol. The van der Waals surface area contributed by atoms with Crippen molar-refractivity contribution in [2.45, 2.75) is 75.4 Å². The van der Waals surface area contributed by atoms with Crippen LogP contribution >= 0.6 is 0 Å². The van der Waals surface area contributed by atoms with Gasteiger partial charge in [-0.25, -0.2) is 0 Å². The van der Waals surface area contributed by atoms with Crippen molar-refractivity contribution in [2.75, 3.05) is 18.5 Å². The highest BCUT2D eigenvalue weighted by Gasteiger charge is 2.82. The zero-order chi connectivity index (χ0) is 18.7. The first-order chi connectivity index (χ1) is 13.0. The number of hydrogen-bond donors (Lipinski definition) is 2. The smallest absolute Gasteiger partial charge is 0.194 e. The number of piperidine rings is 4. The van der Waals surface area contributed by atoms with E-state index in [1.54, 1.807) is 0 Å². The Kier molecular flexibility index (Phi) is 3.17. The summed E-state index contributed by atoms with van der Waals surface area (Å²) >= 11 is 0. The Bertz CT molecular complexity index is 798. The SMILES string of the molecule is CCC[N+]12[C@H](O)[C@@H](CC)C3C[C@H]1[C@@H]1N(C)c4ccccc4C14C[C@H]2C3C4O. The average Bonchev–Trinajstić information content (AvgIpc) is 3.06. The van der Waals surface area contributed by atoms with Crippen LogP contribution in [0, 0.1) is 17.8 Å². The maximum absolute atomic E-state index is 11.9. The monoisotopic (exact) mass is 369 g/mol. The number of quaternary nitrogens is 1. The van der Waals surface area contributed by atoms with Gasteiger partial charge in [-0.15, -0.1) is 0 Å². The van der Waals surface area contributed by atoms with Gasteiger partial charge in [0.1, 0.15) is 6.04 Å². The molecule has 1 saturated carbocycles. The molecule has 4 nitrogen and oxygen atoms in total. The zero-order valence-corrected chi connectivity index (χ0v) is 16.8. The van der Waals surface area contributed by atoms with Gasteiger partial charge >= 0.3 is 0 Å².